The molecule has 0 aromatic heterocycles. The van der Waals surface area contributed by atoms with E-state index < -0.39 is 0 Å². The van der Waals surface area contributed by atoms with Gasteiger partial charge in [0.1, 0.15) is 0 Å². The van der Waals surface area contributed by atoms with E-state index in [1.807, 2.05) is 24.3 Å². The van der Waals surface area contributed by atoms with Gasteiger partial charge in [0.05, 0.1) is 0 Å². The second kappa shape index (κ2) is 5.51. The summed E-state index contributed by atoms with van der Waals surface area (Å²) in [5.41, 5.74) is 3.57. The van der Waals surface area contributed by atoms with Crippen molar-refractivity contribution in [2.45, 2.75) is 6.42 Å². The maximum Gasteiger partial charge on any atom is 0.0444 e. The lowest BCUT2D eigenvalue weighted by molar-refractivity contribution is 1.17. The zero-order chi connectivity index (χ0) is 11.4. The molecule has 0 aliphatic rings. The fraction of sp³-hybridized carbons (Fsp3) is 0.143. The van der Waals surface area contributed by atoms with Gasteiger partial charge in [0, 0.05) is 10.4 Å². The van der Waals surface area contributed by atoms with Crippen LogP contribution in [0.3, 0.4) is 0 Å². The third-order valence-corrected chi connectivity index (χ3v) is 3.27. The molecule has 0 atom stereocenters. The minimum Gasteiger partial charge on any atom is -0.0924 e. The minimum absolute atomic E-state index is 0.848. The Balaban J connectivity index is 2.35. The van der Waals surface area contributed by atoms with Gasteiger partial charge in [-0.2, -0.15) is 0 Å². The lowest BCUT2D eigenvalue weighted by Gasteiger charge is -2.06. The van der Waals surface area contributed by atoms with Crippen molar-refractivity contribution < 1.29 is 0 Å². The van der Waals surface area contributed by atoms with Gasteiger partial charge in [0.25, 0.3) is 0 Å². The number of hydrogen-bond acceptors (Lipinski definition) is 0. The normalized spacial score (nSPS) is 10.4. The highest BCUT2D eigenvalue weighted by molar-refractivity contribution is 9.09. The van der Waals surface area contributed by atoms with Crippen LogP contribution in [0.1, 0.15) is 5.56 Å². The van der Waals surface area contributed by atoms with E-state index in [0.29, 0.717) is 0 Å². The Bertz CT molecular complexity index is 465. The Morgan fingerprint density at radius 3 is 2.31 bits per heavy atom. The monoisotopic (exact) mass is 294 g/mol. The highest BCUT2D eigenvalue weighted by atomic mass is 79.9. The first kappa shape index (κ1) is 11.7. The van der Waals surface area contributed by atoms with E-state index in [1.54, 1.807) is 0 Å². The van der Waals surface area contributed by atoms with Crippen LogP contribution >= 0.6 is 27.5 Å². The lowest BCUT2D eigenvalue weighted by Crippen LogP contribution is -1.88. The maximum absolute atomic E-state index is 6.24. The van der Waals surface area contributed by atoms with Gasteiger partial charge in [0.2, 0.25) is 0 Å². The highest BCUT2D eigenvalue weighted by Crippen LogP contribution is 2.25. The predicted molar refractivity (Wildman–Crippen MR) is 74.4 cm³/mol. The van der Waals surface area contributed by atoms with Crippen molar-refractivity contribution >= 4 is 27.5 Å². The minimum atomic E-state index is 0.848. The molecule has 2 aromatic carbocycles. The van der Waals surface area contributed by atoms with Gasteiger partial charge in [-0.25, -0.2) is 0 Å². The van der Waals surface area contributed by atoms with Crippen LogP contribution in [-0.2, 0) is 6.42 Å². The first-order valence-electron chi connectivity index (χ1n) is 5.21. The van der Waals surface area contributed by atoms with Crippen LogP contribution in [0.4, 0.5) is 0 Å². The summed E-state index contributed by atoms with van der Waals surface area (Å²) in [5.74, 6) is 0. The Morgan fingerprint density at radius 2 is 1.69 bits per heavy atom. The summed E-state index contributed by atoms with van der Waals surface area (Å²) in [4.78, 5) is 0. The van der Waals surface area contributed by atoms with Crippen LogP contribution in [0.15, 0.2) is 48.5 Å². The summed E-state index contributed by atoms with van der Waals surface area (Å²) in [6.45, 7) is 0. The molecule has 2 rings (SSSR count). The molecule has 0 fully saturated rings. The van der Waals surface area contributed by atoms with Crippen LogP contribution < -0.4 is 0 Å². The van der Waals surface area contributed by atoms with Crippen molar-refractivity contribution in [1.29, 1.82) is 0 Å². The molecule has 0 unspecified atom stereocenters. The largest absolute Gasteiger partial charge is 0.0924 e. The van der Waals surface area contributed by atoms with Crippen molar-refractivity contribution in [3.63, 3.8) is 0 Å². The van der Waals surface area contributed by atoms with Crippen LogP contribution in [0, 0.1) is 0 Å². The molecule has 0 radical (unpaired) electrons. The lowest BCUT2D eigenvalue weighted by atomic mass is 10.0. The van der Waals surface area contributed by atoms with E-state index in [4.69, 9.17) is 11.6 Å². The first-order valence-corrected chi connectivity index (χ1v) is 6.71. The van der Waals surface area contributed by atoms with Gasteiger partial charge >= 0.3 is 0 Å². The molecule has 16 heavy (non-hydrogen) atoms. The molecule has 0 nitrogen and oxygen atoms in total. The van der Waals surface area contributed by atoms with Gasteiger partial charge in [-0.05, 0) is 29.2 Å². The van der Waals surface area contributed by atoms with Gasteiger partial charge in [-0.3, -0.25) is 0 Å². The topological polar surface area (TPSA) is 0 Å². The van der Waals surface area contributed by atoms with Crippen molar-refractivity contribution in [2.75, 3.05) is 5.33 Å². The summed E-state index contributed by atoms with van der Waals surface area (Å²) in [7, 11) is 0. The molecular formula is C14H12BrCl. The third-order valence-electron chi connectivity index (χ3n) is 2.52. The van der Waals surface area contributed by atoms with Crippen molar-refractivity contribution in [3.05, 3.63) is 59.1 Å². The number of aryl methyl sites for hydroxylation is 1. The fourth-order valence-corrected chi connectivity index (χ4v) is 2.36. The Morgan fingerprint density at radius 1 is 0.938 bits per heavy atom. The summed E-state index contributed by atoms with van der Waals surface area (Å²) < 4.78 is 0. The number of alkyl halides is 1. The van der Waals surface area contributed by atoms with Crippen LogP contribution in [0.5, 0.6) is 0 Å². The van der Waals surface area contributed by atoms with E-state index in [1.165, 1.54) is 16.7 Å². The second-order valence-corrected chi connectivity index (χ2v) is 4.81. The van der Waals surface area contributed by atoms with E-state index in [-0.39, 0.29) is 0 Å². The quantitative estimate of drug-likeness (QED) is 0.703. The van der Waals surface area contributed by atoms with Crippen molar-refractivity contribution in [1.82, 2.24) is 0 Å². The van der Waals surface area contributed by atoms with E-state index in [2.05, 4.69) is 40.2 Å². The molecule has 0 aliphatic heterocycles. The fourth-order valence-electron chi connectivity index (χ4n) is 1.66. The smallest absolute Gasteiger partial charge is 0.0444 e. The summed E-state index contributed by atoms with van der Waals surface area (Å²) in [6, 6.07) is 16.5. The number of halogens is 2. The average Bonchev–Trinajstić information content (AvgIpc) is 2.33. The maximum atomic E-state index is 6.24. The second-order valence-electron chi connectivity index (χ2n) is 3.61. The van der Waals surface area contributed by atoms with Gasteiger partial charge in [0.15, 0.2) is 0 Å². The molecule has 0 saturated heterocycles. The zero-order valence-electron chi connectivity index (χ0n) is 8.79. The predicted octanol–water partition coefficient (Wildman–Crippen LogP) is 4.94. The Kier molecular flexibility index (Phi) is 4.03. The Hall–Kier alpha value is -0.790. The van der Waals surface area contributed by atoms with E-state index in [0.717, 1.165) is 16.8 Å². The Labute approximate surface area is 109 Å². The number of hydrogen-bond donors (Lipinski definition) is 0. The van der Waals surface area contributed by atoms with E-state index in [9.17, 15) is 0 Å². The van der Waals surface area contributed by atoms with Crippen molar-refractivity contribution in [3.8, 4) is 11.1 Å². The number of rotatable bonds is 3. The zero-order valence-corrected chi connectivity index (χ0v) is 11.1. The number of benzene rings is 2. The molecule has 0 heterocycles. The third kappa shape index (κ3) is 2.66. The van der Waals surface area contributed by atoms with E-state index >= 15 is 0 Å². The molecule has 0 saturated carbocycles. The molecule has 0 spiro atoms. The van der Waals surface area contributed by atoms with Gasteiger partial charge < -0.3 is 0 Å². The molecule has 0 bridgehead atoms. The average molecular weight is 296 g/mol. The summed E-state index contributed by atoms with van der Waals surface area (Å²) in [6.07, 6.45) is 0.966. The van der Waals surface area contributed by atoms with Crippen molar-refractivity contribution in [2.24, 2.45) is 0 Å². The van der Waals surface area contributed by atoms with Gasteiger partial charge in [-0.1, -0.05) is 70.0 Å². The molecular weight excluding hydrogens is 284 g/mol. The van der Waals surface area contributed by atoms with Crippen LogP contribution in [0.25, 0.3) is 11.1 Å². The molecule has 82 valence electrons. The molecule has 2 aromatic rings. The SMILES string of the molecule is Clc1cc(-c2ccccc2)ccc1CCBr. The summed E-state index contributed by atoms with van der Waals surface area (Å²) >= 11 is 9.66. The van der Waals surface area contributed by atoms with Crippen LogP contribution in [-0.4, -0.2) is 5.33 Å². The first-order chi connectivity index (χ1) is 7.81. The van der Waals surface area contributed by atoms with Gasteiger partial charge in [-0.15, -0.1) is 0 Å². The molecule has 2 heteroatoms. The molecule has 0 amide bonds. The molecule has 0 aliphatic carbocycles. The highest BCUT2D eigenvalue weighted by Gasteiger charge is 2.02. The molecule has 0 N–H and O–H groups in total. The standard InChI is InChI=1S/C14H12BrCl/c15-9-8-12-6-7-13(10-14(12)16)11-4-2-1-3-5-11/h1-7,10H,8-9H2. The van der Waals surface area contributed by atoms with Crippen LogP contribution in [0.2, 0.25) is 5.02 Å². The summed E-state index contributed by atoms with van der Waals surface area (Å²) in [5, 5.41) is 1.79.